The molecule has 0 bridgehead atoms. The number of halogens is 1. The smallest absolute Gasteiger partial charge is 0.339 e. The number of sulfonamides is 1. The normalized spacial score (nSPS) is 14.3. The zero-order chi connectivity index (χ0) is 47.6. The molecule has 4 aromatic rings. The van der Waals surface area contributed by atoms with Crippen LogP contribution in [0.2, 0.25) is 0 Å². The predicted octanol–water partition coefficient (Wildman–Crippen LogP) is 1.25. The summed E-state index contributed by atoms with van der Waals surface area (Å²) in [5, 5.41) is 11.4. The number of sulfone groups is 1. The minimum absolute atomic E-state index is 0.0612. The van der Waals surface area contributed by atoms with Gasteiger partial charge in [0, 0.05) is 36.8 Å². The van der Waals surface area contributed by atoms with E-state index in [1.807, 2.05) is 4.57 Å². The summed E-state index contributed by atoms with van der Waals surface area (Å²) in [6, 6.07) is 5.23. The molecule has 24 nitrogen and oxygen atoms in total. The topological polar surface area (TPSA) is 333 Å². The van der Waals surface area contributed by atoms with E-state index in [-0.39, 0.29) is 53.6 Å². The molecule has 0 saturated carbocycles. The fourth-order valence-corrected chi connectivity index (χ4v) is 9.20. The van der Waals surface area contributed by atoms with Crippen molar-refractivity contribution in [2.75, 3.05) is 56.2 Å². The lowest BCUT2D eigenvalue weighted by Crippen LogP contribution is -2.39. The van der Waals surface area contributed by atoms with Gasteiger partial charge in [0.15, 0.2) is 27.3 Å². The molecule has 3 amide bonds. The number of carboxylic acids is 1. The molecule has 5 heterocycles. The molecule has 29 heteroatoms. The van der Waals surface area contributed by atoms with Gasteiger partial charge in [-0.3, -0.25) is 29.7 Å². The number of methoxy groups -OCH3 is 2. The van der Waals surface area contributed by atoms with E-state index >= 15 is 0 Å². The molecular formula is C35H42FN10O14PS3. The van der Waals surface area contributed by atoms with Crippen molar-refractivity contribution >= 4 is 74.2 Å². The fraction of sp³-hybridized carbons (Fsp3) is 0.371. The number of nitrogens with zero attached hydrogens (tertiary/aromatic N) is 7. The Morgan fingerprint density at radius 1 is 1.14 bits per heavy atom. The number of carboxylic acid groups (broad SMARTS) is 1. The zero-order valence-corrected chi connectivity index (χ0v) is 37.8. The lowest BCUT2D eigenvalue weighted by atomic mass is 9.92. The third-order valence-electron chi connectivity index (χ3n) is 8.28. The van der Waals surface area contributed by atoms with Gasteiger partial charge in [0.2, 0.25) is 22.5 Å². The van der Waals surface area contributed by atoms with Crippen LogP contribution in [0.1, 0.15) is 26.6 Å². The number of hydrogen-bond acceptors (Lipinski definition) is 18. The average molecular weight is 973 g/mol. The number of nitrogens with one attached hydrogen (secondary N) is 3. The minimum atomic E-state index is -4.61. The number of carbonyl (C=O) groups excluding carboxylic acids is 2. The highest BCUT2D eigenvalue weighted by Crippen LogP contribution is 2.38. The molecule has 0 saturated heterocycles. The van der Waals surface area contributed by atoms with Gasteiger partial charge >= 0.3 is 19.6 Å². The third-order valence-corrected chi connectivity index (χ3v) is 12.9. The summed E-state index contributed by atoms with van der Waals surface area (Å²) in [6.45, 7) is 5.97. The van der Waals surface area contributed by atoms with Crippen molar-refractivity contribution in [1.29, 1.82) is 0 Å². The molecule has 3 aromatic heterocycles. The molecule has 1 aromatic carbocycles. The van der Waals surface area contributed by atoms with Crippen LogP contribution in [0.4, 0.5) is 26.5 Å². The van der Waals surface area contributed by atoms with E-state index in [9.17, 15) is 40.2 Å². The van der Waals surface area contributed by atoms with Crippen molar-refractivity contribution in [3.8, 4) is 29.9 Å². The molecule has 0 fully saturated rings. The molecule has 64 heavy (non-hydrogen) atoms. The van der Waals surface area contributed by atoms with Gasteiger partial charge in [0.25, 0.3) is 15.9 Å². The number of anilines is 2. The van der Waals surface area contributed by atoms with E-state index in [0.29, 0.717) is 16.2 Å². The maximum Gasteiger partial charge on any atom is 0.339 e. The van der Waals surface area contributed by atoms with Gasteiger partial charge in [-0.25, -0.2) is 32.3 Å². The highest BCUT2D eigenvalue weighted by atomic mass is 32.2. The van der Waals surface area contributed by atoms with Crippen LogP contribution >= 0.6 is 19.1 Å². The number of aromatic nitrogens is 5. The molecule has 0 radical (unpaired) electrons. The Bertz CT molecular complexity index is 2770. The van der Waals surface area contributed by atoms with Crippen molar-refractivity contribution in [3.63, 3.8) is 0 Å². The summed E-state index contributed by atoms with van der Waals surface area (Å²) in [5.41, 5.74) is 0.678. The Labute approximate surface area is 369 Å². The molecule has 0 atom stereocenters. The van der Waals surface area contributed by atoms with Crippen LogP contribution < -0.4 is 39.3 Å². The molecule has 2 aliphatic heterocycles. The van der Waals surface area contributed by atoms with E-state index in [1.54, 1.807) is 4.72 Å². The van der Waals surface area contributed by atoms with Crippen LogP contribution in [-0.2, 0) is 47.0 Å². The number of hydrogen-bond donors (Lipinski definition) is 6. The van der Waals surface area contributed by atoms with Gasteiger partial charge in [-0.15, -0.1) is 6.42 Å². The molecule has 0 unspecified atom stereocenters. The molecule has 2 aliphatic rings. The number of benzene rings is 1. The molecular weight excluding hydrogens is 931 g/mol. The van der Waals surface area contributed by atoms with E-state index in [0.717, 1.165) is 31.1 Å². The first-order valence-electron chi connectivity index (χ1n) is 18.2. The van der Waals surface area contributed by atoms with Crippen molar-refractivity contribution in [3.05, 3.63) is 53.0 Å². The van der Waals surface area contributed by atoms with Crippen LogP contribution in [-0.4, -0.2) is 119 Å². The first-order valence-corrected chi connectivity index (χ1v) is 23.9. The number of pyridine rings is 1. The second-order valence-corrected chi connectivity index (χ2v) is 20.1. The first kappa shape index (κ1) is 50.6. The SMILES string of the molecule is C#CCN1C(=O)COc2cc(F)c(/N=c3\snc4n3CC(C)(C)C4)cc21.CCS(=O)(=O)c1cccnc1S(=O)(=O)NC(=O)Nc1nc(OC)cc(OC)n1.O=C(O)CNCP(=O)(O)O. The highest BCUT2D eigenvalue weighted by Gasteiger charge is 2.32. The predicted molar refractivity (Wildman–Crippen MR) is 225 cm³/mol. The van der Waals surface area contributed by atoms with Gasteiger partial charge in [0.1, 0.15) is 22.2 Å². The van der Waals surface area contributed by atoms with Crippen LogP contribution in [0.25, 0.3) is 0 Å². The lowest BCUT2D eigenvalue weighted by Gasteiger charge is -2.28. The third kappa shape index (κ3) is 13.7. The zero-order valence-electron chi connectivity index (χ0n) is 34.5. The Hall–Kier alpha value is -6.08. The Balaban J connectivity index is 0.000000233. The molecule has 6 N–H and O–H groups in total. The maximum absolute atomic E-state index is 14.5. The van der Waals surface area contributed by atoms with Crippen LogP contribution in [0.5, 0.6) is 17.5 Å². The number of terminal acetylenes is 1. The van der Waals surface area contributed by atoms with Crippen LogP contribution in [0.3, 0.4) is 0 Å². The summed E-state index contributed by atoms with van der Waals surface area (Å²) in [4.78, 5) is 67.5. The number of ether oxygens (including phenoxy) is 3. The Kier molecular flexibility index (Phi) is 16.6. The van der Waals surface area contributed by atoms with E-state index in [4.69, 9.17) is 35.5 Å². The molecule has 0 aliphatic carbocycles. The van der Waals surface area contributed by atoms with Crippen molar-refractivity contribution in [2.24, 2.45) is 10.4 Å². The van der Waals surface area contributed by atoms with Gasteiger partial charge in [0.05, 0.1) is 51.1 Å². The molecule has 6 rings (SSSR count). The second kappa shape index (κ2) is 21.1. The minimum Gasteiger partial charge on any atom is -0.481 e. The average Bonchev–Trinajstić information content (AvgIpc) is 3.73. The number of carbonyl (C=O) groups is 3. The van der Waals surface area contributed by atoms with Gasteiger partial charge in [-0.05, 0) is 23.6 Å². The number of urea groups is 1. The van der Waals surface area contributed by atoms with Gasteiger partial charge in [-0.1, -0.05) is 26.7 Å². The number of amides is 3. The second-order valence-electron chi connectivity index (χ2n) is 13.9. The summed E-state index contributed by atoms with van der Waals surface area (Å²) >= 11 is 1.24. The molecule has 0 spiro atoms. The van der Waals surface area contributed by atoms with Crippen molar-refractivity contribution < 1.29 is 69.3 Å². The largest absolute Gasteiger partial charge is 0.481 e. The Morgan fingerprint density at radius 2 is 1.81 bits per heavy atom. The van der Waals surface area contributed by atoms with E-state index < -0.39 is 68.0 Å². The monoisotopic (exact) mass is 972 g/mol. The standard InChI is InChI=1S/C18H17FN4O2S.C14H17N5O7S2.C3H8NO5P/c1-4-5-22-13-7-12(11(19)6-14(13)25-9-16(22)24)20-17-23-10-18(2,3)8-15(23)21-26-17;1-4-27(21,22)9-6-5-7-15-12(9)28(23,24)19-14(20)18-13-16-10(25-2)8-11(17-13)26-3;5-3(6)1-4-2-10(7,8)9/h1,6-7H,5,8-10H2,2-3H3;5-8H,4H2,1-3H3,(H2,16,17,18,19,20);4H,1-2H2,(H,5,6)(H2,7,8,9)/b20-17-;;. The van der Waals surface area contributed by atoms with E-state index in [1.165, 1.54) is 61.8 Å². The van der Waals surface area contributed by atoms with Crippen molar-refractivity contribution in [1.82, 2.24) is 33.9 Å². The fourth-order valence-electron chi connectivity index (χ4n) is 5.49. The molecule has 346 valence electrons. The maximum atomic E-state index is 14.5. The van der Waals surface area contributed by atoms with E-state index in [2.05, 4.69) is 54.7 Å². The summed E-state index contributed by atoms with van der Waals surface area (Å²) < 4.78 is 97.0. The highest BCUT2D eigenvalue weighted by molar-refractivity contribution is 7.93. The quantitative estimate of drug-likeness (QED) is 0.0811. The van der Waals surface area contributed by atoms with Crippen LogP contribution in [0, 0.1) is 23.6 Å². The van der Waals surface area contributed by atoms with Gasteiger partial charge in [-0.2, -0.15) is 22.8 Å². The van der Waals surface area contributed by atoms with Crippen molar-refractivity contribution in [2.45, 2.75) is 43.7 Å². The summed E-state index contributed by atoms with van der Waals surface area (Å²) in [5.74, 6) is 1.26. The summed E-state index contributed by atoms with van der Waals surface area (Å²) in [6.07, 6.45) is 6.71. The van der Waals surface area contributed by atoms with Gasteiger partial charge < -0.3 is 33.7 Å². The lowest BCUT2D eigenvalue weighted by molar-refractivity contribution is -0.135. The summed E-state index contributed by atoms with van der Waals surface area (Å²) in [7, 11) is -9.94. The van der Waals surface area contributed by atoms with Crippen LogP contribution in [0.15, 0.2) is 51.4 Å². The number of aliphatic carboxylic acids is 1. The first-order chi connectivity index (χ1) is 29.9. The number of fused-ring (bicyclic) bond motifs is 2. The number of rotatable bonds is 13. The Morgan fingerprint density at radius 3 is 2.41 bits per heavy atom.